The smallest absolute Gasteiger partial charge is 0.337 e. The van der Waals surface area contributed by atoms with E-state index in [1.165, 1.54) is 6.07 Å². The quantitative estimate of drug-likeness (QED) is 0.814. The zero-order valence-corrected chi connectivity index (χ0v) is 15.6. The van der Waals surface area contributed by atoms with Crippen molar-refractivity contribution >= 4 is 17.5 Å². The number of anilines is 1. The van der Waals surface area contributed by atoms with Gasteiger partial charge in [0.15, 0.2) is 0 Å². The molecule has 0 unspecified atom stereocenters. The average molecular weight is 394 g/mol. The SMILES string of the molecule is CCC(=O)Nc1cc(C(=O)N(Cc2nccn2C)C2CC2)cc(C(F)(F)F)c1. The van der Waals surface area contributed by atoms with E-state index in [1.807, 2.05) is 0 Å². The summed E-state index contributed by atoms with van der Waals surface area (Å²) < 4.78 is 41.7. The monoisotopic (exact) mass is 394 g/mol. The predicted molar refractivity (Wildman–Crippen MR) is 96.5 cm³/mol. The molecule has 1 aliphatic rings. The van der Waals surface area contributed by atoms with E-state index in [0.717, 1.165) is 25.0 Å². The molecular weight excluding hydrogens is 373 g/mol. The predicted octanol–water partition coefficient (Wildman–Crippen LogP) is 3.59. The molecule has 6 nitrogen and oxygen atoms in total. The second-order valence-electron chi connectivity index (χ2n) is 6.82. The molecule has 1 saturated carbocycles. The topological polar surface area (TPSA) is 67.2 Å². The molecular formula is C19H21F3N4O2. The van der Waals surface area contributed by atoms with Gasteiger partial charge in [-0.3, -0.25) is 9.59 Å². The van der Waals surface area contributed by atoms with Crippen LogP contribution < -0.4 is 5.32 Å². The highest BCUT2D eigenvalue weighted by atomic mass is 19.4. The van der Waals surface area contributed by atoms with Gasteiger partial charge in [-0.15, -0.1) is 0 Å². The minimum Gasteiger partial charge on any atom is -0.337 e. The Kier molecular flexibility index (Phi) is 5.44. The molecule has 2 amide bonds. The van der Waals surface area contributed by atoms with E-state index in [1.54, 1.807) is 35.8 Å². The summed E-state index contributed by atoms with van der Waals surface area (Å²) in [6.07, 6.45) is 0.434. The van der Waals surface area contributed by atoms with E-state index in [2.05, 4.69) is 10.3 Å². The number of nitrogens with zero attached hydrogens (tertiary/aromatic N) is 3. The Morgan fingerprint density at radius 2 is 2.00 bits per heavy atom. The third-order valence-corrected chi connectivity index (χ3v) is 4.59. The van der Waals surface area contributed by atoms with Crippen molar-refractivity contribution in [2.45, 2.75) is 44.9 Å². The normalized spacial score (nSPS) is 14.0. The first-order chi connectivity index (χ1) is 13.2. The molecule has 0 aliphatic heterocycles. The van der Waals surface area contributed by atoms with Gasteiger partial charge in [-0.05, 0) is 31.0 Å². The van der Waals surface area contributed by atoms with Crippen LogP contribution in [0.5, 0.6) is 0 Å². The lowest BCUT2D eigenvalue weighted by Gasteiger charge is -2.23. The number of rotatable bonds is 6. The Labute approximate surface area is 160 Å². The molecule has 0 atom stereocenters. The maximum absolute atomic E-state index is 13.3. The number of carbonyl (C=O) groups is 2. The van der Waals surface area contributed by atoms with Gasteiger partial charge in [0.1, 0.15) is 5.82 Å². The van der Waals surface area contributed by atoms with Gasteiger partial charge in [0.05, 0.1) is 12.1 Å². The lowest BCUT2D eigenvalue weighted by atomic mass is 10.1. The second kappa shape index (κ2) is 7.65. The highest BCUT2D eigenvalue weighted by Crippen LogP contribution is 2.34. The van der Waals surface area contributed by atoms with Crippen molar-refractivity contribution in [1.82, 2.24) is 14.5 Å². The molecule has 1 aliphatic carbocycles. The van der Waals surface area contributed by atoms with Crippen LogP contribution >= 0.6 is 0 Å². The number of halogens is 3. The number of alkyl halides is 3. The Balaban J connectivity index is 1.94. The van der Waals surface area contributed by atoms with Crippen LogP contribution in [-0.4, -0.2) is 32.3 Å². The number of hydrogen-bond acceptors (Lipinski definition) is 3. The molecule has 0 saturated heterocycles. The summed E-state index contributed by atoms with van der Waals surface area (Å²) in [6.45, 7) is 1.80. The average Bonchev–Trinajstić information content (AvgIpc) is 3.40. The fraction of sp³-hybridized carbons (Fsp3) is 0.421. The fourth-order valence-electron chi connectivity index (χ4n) is 2.86. The van der Waals surface area contributed by atoms with Gasteiger partial charge in [0.2, 0.25) is 5.91 Å². The Morgan fingerprint density at radius 1 is 1.29 bits per heavy atom. The minimum atomic E-state index is -4.63. The number of aromatic nitrogens is 2. The Bertz CT molecular complexity index is 888. The van der Waals surface area contributed by atoms with Gasteiger partial charge in [-0.25, -0.2) is 4.98 Å². The molecule has 1 aromatic carbocycles. The van der Waals surface area contributed by atoms with Crippen molar-refractivity contribution < 1.29 is 22.8 Å². The van der Waals surface area contributed by atoms with E-state index in [-0.39, 0.29) is 30.3 Å². The number of aryl methyl sites for hydroxylation is 1. The van der Waals surface area contributed by atoms with Gasteiger partial charge in [0.25, 0.3) is 5.91 Å². The van der Waals surface area contributed by atoms with Gasteiger partial charge >= 0.3 is 6.18 Å². The van der Waals surface area contributed by atoms with Crippen LogP contribution in [0.2, 0.25) is 0 Å². The van der Waals surface area contributed by atoms with Crippen LogP contribution in [-0.2, 0) is 24.6 Å². The van der Waals surface area contributed by atoms with E-state index in [0.29, 0.717) is 5.82 Å². The van der Waals surface area contributed by atoms with E-state index in [4.69, 9.17) is 0 Å². The molecule has 9 heteroatoms. The van der Waals surface area contributed by atoms with E-state index < -0.39 is 23.6 Å². The number of hydrogen-bond donors (Lipinski definition) is 1. The molecule has 150 valence electrons. The first-order valence-electron chi connectivity index (χ1n) is 8.98. The summed E-state index contributed by atoms with van der Waals surface area (Å²) in [5, 5.41) is 2.41. The first-order valence-corrected chi connectivity index (χ1v) is 8.98. The van der Waals surface area contributed by atoms with Crippen LogP contribution in [0.3, 0.4) is 0 Å². The zero-order chi connectivity index (χ0) is 20.5. The lowest BCUT2D eigenvalue weighted by Crippen LogP contribution is -2.33. The number of imidazole rings is 1. The van der Waals surface area contributed by atoms with Gasteiger partial charge < -0.3 is 14.8 Å². The van der Waals surface area contributed by atoms with Crippen molar-refractivity contribution in [1.29, 1.82) is 0 Å². The highest BCUT2D eigenvalue weighted by molar-refractivity contribution is 5.97. The molecule has 3 rings (SSSR count). The van der Waals surface area contributed by atoms with E-state index >= 15 is 0 Å². The van der Waals surface area contributed by atoms with Crippen LogP contribution in [0.15, 0.2) is 30.6 Å². The maximum atomic E-state index is 13.3. The summed E-state index contributed by atoms with van der Waals surface area (Å²) in [5.41, 5.74) is -1.13. The largest absolute Gasteiger partial charge is 0.416 e. The number of benzene rings is 1. The molecule has 1 aromatic heterocycles. The number of nitrogens with one attached hydrogen (secondary N) is 1. The lowest BCUT2D eigenvalue weighted by molar-refractivity contribution is -0.137. The summed E-state index contributed by atoms with van der Waals surface area (Å²) in [5.74, 6) is -0.292. The van der Waals surface area contributed by atoms with Crippen molar-refractivity contribution in [3.63, 3.8) is 0 Å². The molecule has 1 N–H and O–H groups in total. The maximum Gasteiger partial charge on any atom is 0.416 e. The Hall–Kier alpha value is -2.84. The Morgan fingerprint density at radius 3 is 2.54 bits per heavy atom. The summed E-state index contributed by atoms with van der Waals surface area (Å²) in [4.78, 5) is 30.4. The third-order valence-electron chi connectivity index (χ3n) is 4.59. The first kappa shape index (κ1) is 19.9. The summed E-state index contributed by atoms with van der Waals surface area (Å²) in [6, 6.07) is 2.94. The standard InChI is InChI=1S/C19H21F3N4O2/c1-3-17(27)24-14-9-12(8-13(10-14)19(20,21)22)18(28)26(15-4-5-15)11-16-23-6-7-25(16)2/h6-10,15H,3-5,11H2,1-2H3,(H,24,27). The van der Waals surface area contributed by atoms with Crippen LogP contribution in [0.1, 0.15) is 47.9 Å². The molecule has 0 radical (unpaired) electrons. The molecule has 0 spiro atoms. The van der Waals surface area contributed by atoms with E-state index in [9.17, 15) is 22.8 Å². The molecule has 0 bridgehead atoms. The van der Waals surface area contributed by atoms with Gasteiger partial charge in [0, 0.05) is 43.2 Å². The molecule has 1 heterocycles. The van der Waals surface area contributed by atoms with Crippen LogP contribution in [0.25, 0.3) is 0 Å². The van der Waals surface area contributed by atoms with Crippen LogP contribution in [0.4, 0.5) is 18.9 Å². The number of amides is 2. The molecule has 2 aromatic rings. The fourth-order valence-corrected chi connectivity index (χ4v) is 2.86. The summed E-state index contributed by atoms with van der Waals surface area (Å²) >= 11 is 0. The van der Waals surface area contributed by atoms with Gasteiger partial charge in [-0.1, -0.05) is 6.92 Å². The van der Waals surface area contributed by atoms with Crippen molar-refractivity contribution in [2.24, 2.45) is 7.05 Å². The molecule has 1 fully saturated rings. The minimum absolute atomic E-state index is 0.0209. The van der Waals surface area contributed by atoms with Crippen molar-refractivity contribution in [3.8, 4) is 0 Å². The van der Waals surface area contributed by atoms with Crippen LogP contribution in [0, 0.1) is 0 Å². The zero-order valence-electron chi connectivity index (χ0n) is 15.6. The molecule has 28 heavy (non-hydrogen) atoms. The van der Waals surface area contributed by atoms with Gasteiger partial charge in [-0.2, -0.15) is 13.2 Å². The van der Waals surface area contributed by atoms with Crippen molar-refractivity contribution in [2.75, 3.05) is 5.32 Å². The summed E-state index contributed by atoms with van der Waals surface area (Å²) in [7, 11) is 1.79. The third kappa shape index (κ3) is 4.52. The second-order valence-corrected chi connectivity index (χ2v) is 6.82. The number of carbonyl (C=O) groups excluding carboxylic acids is 2. The highest BCUT2D eigenvalue weighted by Gasteiger charge is 2.36. The van der Waals surface area contributed by atoms with Crippen molar-refractivity contribution in [3.05, 3.63) is 47.5 Å².